The molecule has 1 aromatic heterocycles. The Hall–Kier alpha value is -4.59. The Labute approximate surface area is 201 Å². The zero-order valence-corrected chi connectivity index (χ0v) is 19.4. The van der Waals surface area contributed by atoms with Crippen molar-refractivity contribution in [2.75, 3.05) is 26.1 Å². The highest BCUT2D eigenvalue weighted by molar-refractivity contribution is 6.03. The molecule has 0 unspecified atom stereocenters. The van der Waals surface area contributed by atoms with Crippen LogP contribution in [0.25, 0.3) is 22.3 Å². The highest BCUT2D eigenvalue weighted by atomic mass is 16.5. The summed E-state index contributed by atoms with van der Waals surface area (Å²) >= 11 is 0. The molecule has 35 heavy (non-hydrogen) atoms. The molecule has 4 rings (SSSR count). The number of ether oxygens (including phenoxy) is 3. The predicted molar refractivity (Wildman–Crippen MR) is 131 cm³/mol. The first kappa shape index (κ1) is 23.6. The Morgan fingerprint density at radius 1 is 0.943 bits per heavy atom. The summed E-state index contributed by atoms with van der Waals surface area (Å²) in [5.74, 6) is -0.0634. The molecule has 0 aliphatic carbocycles. The summed E-state index contributed by atoms with van der Waals surface area (Å²) < 4.78 is 21.7. The molecule has 178 valence electrons. The minimum Gasteiger partial charge on any atom is -0.497 e. The van der Waals surface area contributed by atoms with Crippen LogP contribution in [0.5, 0.6) is 11.5 Å². The number of rotatable bonds is 7. The number of benzene rings is 3. The molecule has 1 heterocycles. The lowest BCUT2D eigenvalue weighted by molar-refractivity contribution is -0.119. The monoisotopic (exact) mass is 473 g/mol. The Bertz CT molecular complexity index is 1460. The molecule has 0 atom stereocenters. The van der Waals surface area contributed by atoms with E-state index in [1.807, 2.05) is 30.3 Å². The van der Waals surface area contributed by atoms with Gasteiger partial charge in [0.2, 0.25) is 0 Å². The molecule has 0 spiro atoms. The van der Waals surface area contributed by atoms with Crippen molar-refractivity contribution >= 4 is 28.5 Å². The third-order valence-electron chi connectivity index (χ3n) is 5.42. The second-order valence-electron chi connectivity index (χ2n) is 7.62. The van der Waals surface area contributed by atoms with Gasteiger partial charge in [-0.2, -0.15) is 0 Å². The van der Waals surface area contributed by atoms with Crippen LogP contribution in [0.1, 0.15) is 15.9 Å². The Morgan fingerprint density at radius 2 is 1.71 bits per heavy atom. The summed E-state index contributed by atoms with van der Waals surface area (Å²) in [5, 5.41) is 2.88. The maximum absolute atomic E-state index is 13.0. The number of hydrogen-bond donors (Lipinski definition) is 1. The van der Waals surface area contributed by atoms with Gasteiger partial charge in [0.15, 0.2) is 17.6 Å². The van der Waals surface area contributed by atoms with Gasteiger partial charge in [-0.1, -0.05) is 36.4 Å². The zero-order valence-electron chi connectivity index (χ0n) is 19.4. The van der Waals surface area contributed by atoms with E-state index in [2.05, 4.69) is 5.32 Å². The number of methoxy groups -OCH3 is 2. The van der Waals surface area contributed by atoms with Gasteiger partial charge in [-0.15, -0.1) is 0 Å². The average molecular weight is 473 g/mol. The van der Waals surface area contributed by atoms with E-state index in [0.717, 1.165) is 0 Å². The van der Waals surface area contributed by atoms with E-state index in [0.29, 0.717) is 34.1 Å². The van der Waals surface area contributed by atoms with Gasteiger partial charge in [-0.3, -0.25) is 9.59 Å². The average Bonchev–Trinajstić information content (AvgIpc) is 2.89. The van der Waals surface area contributed by atoms with Gasteiger partial charge in [0.25, 0.3) is 5.91 Å². The van der Waals surface area contributed by atoms with Crippen molar-refractivity contribution in [3.8, 4) is 22.8 Å². The first-order valence-electron chi connectivity index (χ1n) is 10.7. The van der Waals surface area contributed by atoms with E-state index < -0.39 is 18.5 Å². The topological polar surface area (TPSA) is 104 Å². The highest BCUT2D eigenvalue weighted by Gasteiger charge is 2.20. The van der Waals surface area contributed by atoms with Crippen molar-refractivity contribution in [1.29, 1.82) is 0 Å². The van der Waals surface area contributed by atoms with Crippen LogP contribution in [-0.4, -0.2) is 32.7 Å². The lowest BCUT2D eigenvalue weighted by Gasteiger charge is -2.12. The van der Waals surface area contributed by atoms with E-state index in [4.69, 9.17) is 18.6 Å². The molecule has 0 aliphatic heterocycles. The summed E-state index contributed by atoms with van der Waals surface area (Å²) in [6, 6.07) is 18.7. The lowest BCUT2D eigenvalue weighted by Crippen LogP contribution is -2.21. The molecular weight excluding hydrogens is 450 g/mol. The van der Waals surface area contributed by atoms with Crippen molar-refractivity contribution in [2.45, 2.75) is 6.92 Å². The number of fused-ring (bicyclic) bond motifs is 1. The summed E-state index contributed by atoms with van der Waals surface area (Å²) in [6.45, 7) is 1.12. The Morgan fingerprint density at radius 3 is 2.43 bits per heavy atom. The van der Waals surface area contributed by atoms with Crippen molar-refractivity contribution < 1.29 is 28.2 Å². The van der Waals surface area contributed by atoms with Gasteiger partial charge >= 0.3 is 5.97 Å². The van der Waals surface area contributed by atoms with Crippen molar-refractivity contribution in [1.82, 2.24) is 0 Å². The molecular formula is C27H23NO7. The van der Waals surface area contributed by atoms with Gasteiger partial charge in [-0.25, -0.2) is 4.79 Å². The number of anilines is 1. The van der Waals surface area contributed by atoms with Gasteiger partial charge < -0.3 is 23.9 Å². The standard InChI is InChI=1S/C27H23NO7/c1-16-24(30)19-10-7-11-20(26(19)35-25(16)17-8-5-4-6-9-17)27(31)34-15-23(29)28-21-14-18(32-2)12-13-22(21)33-3/h4-14H,15H2,1-3H3,(H,28,29). The fraction of sp³-hybridized carbons (Fsp3) is 0.148. The van der Waals surface area contributed by atoms with Crippen LogP contribution in [0.15, 0.2) is 75.9 Å². The first-order chi connectivity index (χ1) is 16.9. The molecule has 0 saturated heterocycles. The van der Waals surface area contributed by atoms with E-state index in [-0.39, 0.29) is 22.0 Å². The normalized spacial score (nSPS) is 10.6. The van der Waals surface area contributed by atoms with Gasteiger partial charge in [-0.05, 0) is 31.2 Å². The number of esters is 1. The molecule has 0 fully saturated rings. The number of carbonyl (C=O) groups is 2. The summed E-state index contributed by atoms with van der Waals surface area (Å²) in [5.41, 5.74) is 1.40. The fourth-order valence-corrected chi connectivity index (χ4v) is 3.64. The van der Waals surface area contributed by atoms with Crippen LogP contribution in [0.2, 0.25) is 0 Å². The third-order valence-corrected chi connectivity index (χ3v) is 5.42. The van der Waals surface area contributed by atoms with E-state index in [1.54, 1.807) is 37.3 Å². The smallest absolute Gasteiger partial charge is 0.342 e. The summed E-state index contributed by atoms with van der Waals surface area (Å²) in [7, 11) is 2.97. The van der Waals surface area contributed by atoms with Crippen LogP contribution in [0, 0.1) is 6.92 Å². The quantitative estimate of drug-likeness (QED) is 0.392. The number of hydrogen-bond acceptors (Lipinski definition) is 7. The number of nitrogens with one attached hydrogen (secondary N) is 1. The maximum atomic E-state index is 13.0. The highest BCUT2D eigenvalue weighted by Crippen LogP contribution is 2.29. The zero-order chi connectivity index (χ0) is 24.9. The van der Waals surface area contributed by atoms with Gasteiger partial charge in [0.05, 0.1) is 25.3 Å². The predicted octanol–water partition coefficient (Wildman–Crippen LogP) is 4.58. The molecule has 0 radical (unpaired) electrons. The number of carbonyl (C=O) groups excluding carboxylic acids is 2. The summed E-state index contributed by atoms with van der Waals surface area (Å²) in [4.78, 5) is 38.3. The minimum atomic E-state index is -0.797. The van der Waals surface area contributed by atoms with E-state index >= 15 is 0 Å². The minimum absolute atomic E-state index is 0.0449. The number of para-hydroxylation sites is 1. The molecule has 4 aromatic rings. The Balaban J connectivity index is 1.58. The van der Waals surface area contributed by atoms with Crippen molar-refractivity contribution in [3.63, 3.8) is 0 Å². The summed E-state index contributed by atoms with van der Waals surface area (Å²) in [6.07, 6.45) is 0. The molecule has 0 bridgehead atoms. The van der Waals surface area contributed by atoms with Crippen molar-refractivity contribution in [2.24, 2.45) is 0 Å². The van der Waals surface area contributed by atoms with Gasteiger partial charge in [0.1, 0.15) is 22.8 Å². The molecule has 1 N–H and O–H groups in total. The van der Waals surface area contributed by atoms with Crippen LogP contribution in [0.4, 0.5) is 5.69 Å². The van der Waals surface area contributed by atoms with Gasteiger partial charge in [0, 0.05) is 17.2 Å². The molecule has 3 aromatic carbocycles. The molecule has 8 nitrogen and oxygen atoms in total. The fourth-order valence-electron chi connectivity index (χ4n) is 3.64. The second-order valence-corrected chi connectivity index (χ2v) is 7.62. The Kier molecular flexibility index (Phi) is 6.82. The number of amides is 1. The van der Waals surface area contributed by atoms with Crippen LogP contribution >= 0.6 is 0 Å². The molecule has 8 heteroatoms. The van der Waals surface area contributed by atoms with E-state index in [9.17, 15) is 14.4 Å². The SMILES string of the molecule is COc1ccc(OC)c(NC(=O)COC(=O)c2cccc3c(=O)c(C)c(-c4ccccc4)oc23)c1. The van der Waals surface area contributed by atoms with Crippen LogP contribution < -0.4 is 20.2 Å². The molecule has 0 saturated carbocycles. The molecule has 0 aliphatic rings. The van der Waals surface area contributed by atoms with Crippen LogP contribution in [-0.2, 0) is 9.53 Å². The van der Waals surface area contributed by atoms with E-state index in [1.165, 1.54) is 20.3 Å². The lowest BCUT2D eigenvalue weighted by atomic mass is 10.0. The van der Waals surface area contributed by atoms with Crippen molar-refractivity contribution in [3.05, 3.63) is 88.1 Å². The maximum Gasteiger partial charge on any atom is 0.342 e. The largest absolute Gasteiger partial charge is 0.497 e. The second kappa shape index (κ2) is 10.1. The van der Waals surface area contributed by atoms with Crippen LogP contribution in [0.3, 0.4) is 0 Å². The first-order valence-corrected chi connectivity index (χ1v) is 10.7. The molecule has 1 amide bonds. The third kappa shape index (κ3) is 4.86.